The van der Waals surface area contributed by atoms with Gasteiger partial charge in [-0.25, -0.2) is 9.97 Å². The van der Waals surface area contributed by atoms with E-state index < -0.39 is 0 Å². The molecule has 0 unspecified atom stereocenters. The van der Waals surface area contributed by atoms with Gasteiger partial charge in [0.1, 0.15) is 0 Å². The van der Waals surface area contributed by atoms with E-state index in [1.807, 2.05) is 0 Å². The van der Waals surface area contributed by atoms with Crippen molar-refractivity contribution in [2.45, 2.75) is 90.9 Å². The second-order valence-electron chi connectivity index (χ2n) is 8.03. The van der Waals surface area contributed by atoms with Crippen molar-refractivity contribution in [2.24, 2.45) is 0 Å². The molecule has 3 heteroatoms. The molecule has 3 nitrogen and oxygen atoms in total. The lowest BCUT2D eigenvalue weighted by Crippen LogP contribution is -1.99. The maximum absolute atomic E-state index is 5.76. The molecule has 0 atom stereocenters. The van der Waals surface area contributed by atoms with Crippen LogP contribution in [-0.2, 0) is 6.42 Å². The number of allylic oxidation sites excluding steroid dienone is 2. The zero-order chi connectivity index (χ0) is 21.3. The molecule has 2 aromatic rings. The number of benzene rings is 1. The predicted molar refractivity (Wildman–Crippen MR) is 128 cm³/mol. The Morgan fingerprint density at radius 1 is 0.767 bits per heavy atom. The van der Waals surface area contributed by atoms with Gasteiger partial charge >= 0.3 is 0 Å². The number of hydrogen-bond acceptors (Lipinski definition) is 3. The molecule has 30 heavy (non-hydrogen) atoms. The van der Waals surface area contributed by atoms with Gasteiger partial charge in [-0.1, -0.05) is 88.8 Å². The van der Waals surface area contributed by atoms with Crippen molar-refractivity contribution in [3.8, 4) is 17.1 Å². The third-order valence-electron chi connectivity index (χ3n) is 5.35. The first-order valence-electron chi connectivity index (χ1n) is 12.0. The Hall–Kier alpha value is -2.16. The van der Waals surface area contributed by atoms with Gasteiger partial charge in [0, 0.05) is 5.56 Å². The summed E-state index contributed by atoms with van der Waals surface area (Å²) in [7, 11) is 0. The van der Waals surface area contributed by atoms with Crippen LogP contribution < -0.4 is 4.74 Å². The minimum absolute atomic E-state index is 0.718. The Kier molecular flexibility index (Phi) is 12.6. The topological polar surface area (TPSA) is 35.0 Å². The minimum Gasteiger partial charge on any atom is -0.490 e. The third-order valence-corrected chi connectivity index (χ3v) is 5.35. The Labute approximate surface area is 184 Å². The molecule has 164 valence electrons. The van der Waals surface area contributed by atoms with Gasteiger partial charge in [0.05, 0.1) is 19.0 Å². The maximum Gasteiger partial charge on any atom is 0.159 e. The van der Waals surface area contributed by atoms with Crippen molar-refractivity contribution >= 4 is 0 Å². The Balaban J connectivity index is 1.67. The van der Waals surface area contributed by atoms with Gasteiger partial charge in [0.25, 0.3) is 0 Å². The van der Waals surface area contributed by atoms with Gasteiger partial charge in [0.2, 0.25) is 0 Å². The predicted octanol–water partition coefficient (Wildman–Crippen LogP) is 7.95. The summed E-state index contributed by atoms with van der Waals surface area (Å²) in [4.78, 5) is 8.96. The molecule has 1 heterocycles. The Morgan fingerprint density at radius 3 is 2.17 bits per heavy atom. The summed E-state index contributed by atoms with van der Waals surface area (Å²) in [5, 5.41) is 0. The van der Waals surface area contributed by atoms with Crippen molar-refractivity contribution in [3.05, 3.63) is 54.4 Å². The maximum atomic E-state index is 5.76. The first-order chi connectivity index (χ1) is 14.8. The van der Waals surface area contributed by atoms with Crippen LogP contribution in [0.5, 0.6) is 5.75 Å². The van der Waals surface area contributed by atoms with Crippen LogP contribution in [-0.4, -0.2) is 16.6 Å². The average molecular weight is 409 g/mol. The molecule has 0 aliphatic carbocycles. The highest BCUT2D eigenvalue weighted by molar-refractivity contribution is 5.55. The number of aromatic nitrogens is 2. The standard InChI is InChI=1S/C27H40N2O/c1-3-5-7-9-11-12-14-16-24-17-19-25(20-18-24)27-28-22-26(23-29-27)30-21-15-13-10-8-6-4-2/h6,8,17-20,22-23H,3-5,7,9-16,21H2,1-2H3/b8-6-. The normalized spacial score (nSPS) is 11.3. The summed E-state index contributed by atoms with van der Waals surface area (Å²) in [6, 6.07) is 8.70. The molecule has 2 rings (SSSR count). The van der Waals surface area contributed by atoms with E-state index in [4.69, 9.17) is 4.74 Å². The lowest BCUT2D eigenvalue weighted by molar-refractivity contribution is 0.305. The summed E-state index contributed by atoms with van der Waals surface area (Å²) in [5.41, 5.74) is 2.47. The van der Waals surface area contributed by atoms with Crippen LogP contribution in [0.4, 0.5) is 0 Å². The van der Waals surface area contributed by atoms with Crippen molar-refractivity contribution in [1.29, 1.82) is 0 Å². The molecule has 0 aliphatic heterocycles. The lowest BCUT2D eigenvalue weighted by Gasteiger charge is -2.07. The highest BCUT2D eigenvalue weighted by Crippen LogP contribution is 2.19. The number of hydrogen-bond donors (Lipinski definition) is 0. The second kappa shape index (κ2) is 15.6. The quantitative estimate of drug-likeness (QED) is 0.209. The van der Waals surface area contributed by atoms with E-state index in [0.717, 1.165) is 55.8 Å². The van der Waals surface area contributed by atoms with Gasteiger partial charge in [-0.2, -0.15) is 0 Å². The molecule has 0 radical (unpaired) electrons. The molecule has 0 saturated carbocycles. The first kappa shape index (κ1) is 24.1. The van der Waals surface area contributed by atoms with Gasteiger partial charge in [0.15, 0.2) is 11.6 Å². The highest BCUT2D eigenvalue weighted by atomic mass is 16.5. The number of aryl methyl sites for hydroxylation is 1. The van der Waals surface area contributed by atoms with Crippen molar-refractivity contribution < 1.29 is 4.74 Å². The zero-order valence-electron chi connectivity index (χ0n) is 19.1. The number of unbranched alkanes of at least 4 members (excludes halogenated alkanes) is 8. The molecular formula is C27H40N2O. The fraction of sp³-hybridized carbons (Fsp3) is 0.556. The average Bonchev–Trinajstić information content (AvgIpc) is 2.79. The van der Waals surface area contributed by atoms with Crippen LogP contribution in [0.25, 0.3) is 11.4 Å². The molecule has 0 N–H and O–H groups in total. The van der Waals surface area contributed by atoms with E-state index in [9.17, 15) is 0 Å². The minimum atomic E-state index is 0.718. The van der Waals surface area contributed by atoms with E-state index in [0.29, 0.717) is 0 Å². The number of rotatable bonds is 16. The van der Waals surface area contributed by atoms with Gasteiger partial charge in [-0.15, -0.1) is 0 Å². The van der Waals surface area contributed by atoms with Crippen molar-refractivity contribution in [1.82, 2.24) is 9.97 Å². The Morgan fingerprint density at radius 2 is 1.47 bits per heavy atom. The second-order valence-corrected chi connectivity index (χ2v) is 8.03. The van der Waals surface area contributed by atoms with Gasteiger partial charge < -0.3 is 4.74 Å². The summed E-state index contributed by atoms with van der Waals surface area (Å²) in [5.74, 6) is 1.51. The third kappa shape index (κ3) is 10.0. The summed E-state index contributed by atoms with van der Waals surface area (Å²) in [6.07, 6.45) is 23.1. The lowest BCUT2D eigenvalue weighted by atomic mass is 10.0. The van der Waals surface area contributed by atoms with Crippen LogP contribution in [0.3, 0.4) is 0 Å². The van der Waals surface area contributed by atoms with Crippen LogP contribution in [0, 0.1) is 0 Å². The fourth-order valence-corrected chi connectivity index (χ4v) is 3.49. The van der Waals surface area contributed by atoms with E-state index >= 15 is 0 Å². The molecule has 0 amide bonds. The van der Waals surface area contributed by atoms with Crippen LogP contribution in [0.2, 0.25) is 0 Å². The summed E-state index contributed by atoms with van der Waals surface area (Å²) >= 11 is 0. The van der Waals surface area contributed by atoms with Gasteiger partial charge in [-0.05, 0) is 44.1 Å². The molecule has 0 spiro atoms. The molecule has 0 saturated heterocycles. The Bertz CT molecular complexity index is 692. The monoisotopic (exact) mass is 408 g/mol. The van der Waals surface area contributed by atoms with Crippen LogP contribution in [0.1, 0.15) is 90.0 Å². The molecule has 0 aliphatic rings. The van der Waals surface area contributed by atoms with Crippen LogP contribution in [0.15, 0.2) is 48.8 Å². The number of nitrogens with zero attached hydrogens (tertiary/aromatic N) is 2. The highest BCUT2D eigenvalue weighted by Gasteiger charge is 2.03. The molecule has 0 bridgehead atoms. The molecule has 1 aromatic heterocycles. The SMILES string of the molecule is CC/C=C\CCCCOc1cnc(-c2ccc(CCCCCCCCC)cc2)nc1. The van der Waals surface area contributed by atoms with E-state index in [-0.39, 0.29) is 0 Å². The van der Waals surface area contributed by atoms with Crippen molar-refractivity contribution in [2.75, 3.05) is 6.61 Å². The molecular weight excluding hydrogens is 368 g/mol. The summed E-state index contributed by atoms with van der Waals surface area (Å²) in [6.45, 7) is 5.15. The van der Waals surface area contributed by atoms with Crippen molar-refractivity contribution in [3.63, 3.8) is 0 Å². The largest absolute Gasteiger partial charge is 0.490 e. The fourth-order valence-electron chi connectivity index (χ4n) is 3.49. The molecule has 0 fully saturated rings. The smallest absolute Gasteiger partial charge is 0.159 e. The zero-order valence-corrected chi connectivity index (χ0v) is 19.1. The molecule has 1 aromatic carbocycles. The van der Waals surface area contributed by atoms with E-state index in [1.54, 1.807) is 12.4 Å². The summed E-state index contributed by atoms with van der Waals surface area (Å²) < 4.78 is 5.76. The van der Waals surface area contributed by atoms with E-state index in [2.05, 4.69) is 60.2 Å². The van der Waals surface area contributed by atoms with Crippen LogP contribution >= 0.6 is 0 Å². The van der Waals surface area contributed by atoms with E-state index in [1.165, 1.54) is 50.5 Å². The van der Waals surface area contributed by atoms with Gasteiger partial charge in [-0.3, -0.25) is 0 Å². The first-order valence-corrected chi connectivity index (χ1v) is 12.0. The number of ether oxygens (including phenoxy) is 1.